The lowest BCUT2D eigenvalue weighted by Gasteiger charge is -2.27. The molecular weight excluding hydrogens is 232 g/mol. The van der Waals surface area contributed by atoms with E-state index in [1.807, 2.05) is 0 Å². The van der Waals surface area contributed by atoms with E-state index in [2.05, 4.69) is 10.4 Å². The Labute approximate surface area is 106 Å². The van der Waals surface area contributed by atoms with Gasteiger partial charge in [0.2, 0.25) is 5.91 Å². The molecule has 1 aromatic rings. The Balaban J connectivity index is 1.91. The zero-order valence-electron chi connectivity index (χ0n) is 10.5. The number of nitrogens with two attached hydrogens (primary N) is 1. The average Bonchev–Trinajstić information content (AvgIpc) is 2.75. The summed E-state index contributed by atoms with van der Waals surface area (Å²) in [4.78, 5) is 12.0. The Morgan fingerprint density at radius 3 is 3.06 bits per heavy atom. The third-order valence-electron chi connectivity index (χ3n) is 3.36. The number of amides is 1. The Morgan fingerprint density at radius 1 is 1.67 bits per heavy atom. The van der Waals surface area contributed by atoms with Crippen LogP contribution in [0.5, 0.6) is 0 Å². The predicted molar refractivity (Wildman–Crippen MR) is 66.5 cm³/mol. The first-order chi connectivity index (χ1) is 8.56. The fourth-order valence-corrected chi connectivity index (χ4v) is 2.34. The number of carbonyl (C=O) groups excluding carboxylic acids is 1. The fourth-order valence-electron chi connectivity index (χ4n) is 2.34. The third-order valence-corrected chi connectivity index (χ3v) is 3.36. The summed E-state index contributed by atoms with van der Waals surface area (Å²) in [6, 6.07) is -0.665. The minimum absolute atomic E-state index is 0.0315. The molecular formula is C12H20N4O2. The van der Waals surface area contributed by atoms with Crippen molar-refractivity contribution >= 4 is 5.91 Å². The van der Waals surface area contributed by atoms with Crippen LogP contribution in [0.3, 0.4) is 0 Å². The van der Waals surface area contributed by atoms with Crippen molar-refractivity contribution < 1.29 is 9.90 Å². The largest absolute Gasteiger partial charge is 0.393 e. The van der Waals surface area contributed by atoms with E-state index < -0.39 is 6.04 Å². The van der Waals surface area contributed by atoms with Crippen molar-refractivity contribution in [1.82, 2.24) is 15.1 Å². The molecule has 1 aliphatic rings. The standard InChI is InChI=1S/C12H20N4O2/c1-16-7-8(6-14-16)11(13)12(18)15-9-3-2-4-10(17)5-9/h6-7,9-11,17H,2-5,13H2,1H3,(H,15,18). The van der Waals surface area contributed by atoms with Gasteiger partial charge in [-0.3, -0.25) is 9.48 Å². The van der Waals surface area contributed by atoms with Crippen LogP contribution in [0, 0.1) is 0 Å². The summed E-state index contributed by atoms with van der Waals surface area (Å²) < 4.78 is 1.62. The molecule has 1 aliphatic carbocycles. The van der Waals surface area contributed by atoms with E-state index in [0.29, 0.717) is 12.0 Å². The molecule has 1 aromatic heterocycles. The highest BCUT2D eigenvalue weighted by molar-refractivity contribution is 5.83. The molecule has 0 aliphatic heterocycles. The van der Waals surface area contributed by atoms with E-state index in [4.69, 9.17) is 5.73 Å². The fraction of sp³-hybridized carbons (Fsp3) is 0.667. The van der Waals surface area contributed by atoms with Crippen LogP contribution in [0.25, 0.3) is 0 Å². The SMILES string of the molecule is Cn1cc(C(N)C(=O)NC2CCCC(O)C2)cn1. The van der Waals surface area contributed by atoms with Crippen molar-refractivity contribution in [3.05, 3.63) is 18.0 Å². The lowest BCUT2D eigenvalue weighted by molar-refractivity contribution is -0.123. The van der Waals surface area contributed by atoms with Crippen LogP contribution in [-0.2, 0) is 11.8 Å². The van der Waals surface area contributed by atoms with Gasteiger partial charge in [-0.05, 0) is 25.7 Å². The Kier molecular flexibility index (Phi) is 3.98. The number of aryl methyl sites for hydroxylation is 1. The first kappa shape index (κ1) is 13.0. The maximum atomic E-state index is 12.0. The number of hydrogen-bond acceptors (Lipinski definition) is 4. The third kappa shape index (κ3) is 3.08. The zero-order valence-corrected chi connectivity index (χ0v) is 10.5. The summed E-state index contributed by atoms with van der Waals surface area (Å²) in [5, 5.41) is 16.4. The van der Waals surface area contributed by atoms with Gasteiger partial charge < -0.3 is 16.2 Å². The van der Waals surface area contributed by atoms with Crippen LogP contribution in [0.4, 0.5) is 0 Å². The summed E-state index contributed by atoms with van der Waals surface area (Å²) in [6.45, 7) is 0. The first-order valence-electron chi connectivity index (χ1n) is 6.29. The van der Waals surface area contributed by atoms with Gasteiger partial charge in [0.05, 0.1) is 12.3 Å². The summed E-state index contributed by atoms with van der Waals surface area (Å²) in [7, 11) is 1.78. The molecule has 3 unspecified atom stereocenters. The van der Waals surface area contributed by atoms with Gasteiger partial charge in [0, 0.05) is 24.8 Å². The lowest BCUT2D eigenvalue weighted by Crippen LogP contribution is -2.43. The van der Waals surface area contributed by atoms with E-state index in [1.165, 1.54) is 0 Å². The normalized spacial score (nSPS) is 25.7. The lowest BCUT2D eigenvalue weighted by atomic mass is 9.92. The van der Waals surface area contributed by atoms with Gasteiger partial charge in [-0.2, -0.15) is 5.10 Å². The van der Waals surface area contributed by atoms with Crippen molar-refractivity contribution in [2.24, 2.45) is 12.8 Å². The van der Waals surface area contributed by atoms with Crippen molar-refractivity contribution in [3.63, 3.8) is 0 Å². The number of aliphatic hydroxyl groups excluding tert-OH is 1. The molecule has 4 N–H and O–H groups in total. The van der Waals surface area contributed by atoms with Crippen LogP contribution < -0.4 is 11.1 Å². The highest BCUT2D eigenvalue weighted by Gasteiger charge is 2.24. The van der Waals surface area contributed by atoms with E-state index in [-0.39, 0.29) is 18.1 Å². The number of rotatable bonds is 3. The highest BCUT2D eigenvalue weighted by Crippen LogP contribution is 2.19. The first-order valence-corrected chi connectivity index (χ1v) is 6.29. The van der Waals surface area contributed by atoms with Crippen molar-refractivity contribution in [1.29, 1.82) is 0 Å². The summed E-state index contributed by atoms with van der Waals surface area (Å²) >= 11 is 0. The van der Waals surface area contributed by atoms with Gasteiger partial charge in [-0.15, -0.1) is 0 Å². The van der Waals surface area contributed by atoms with Gasteiger partial charge in [-0.25, -0.2) is 0 Å². The Bertz CT molecular complexity index is 418. The van der Waals surface area contributed by atoms with E-state index in [0.717, 1.165) is 19.3 Å². The van der Waals surface area contributed by atoms with Gasteiger partial charge in [0.15, 0.2) is 0 Å². The molecule has 6 heteroatoms. The minimum Gasteiger partial charge on any atom is -0.393 e. The number of hydrogen-bond donors (Lipinski definition) is 3. The molecule has 0 aromatic carbocycles. The van der Waals surface area contributed by atoms with Crippen molar-refractivity contribution in [2.75, 3.05) is 0 Å². The maximum Gasteiger partial charge on any atom is 0.241 e. The van der Waals surface area contributed by atoms with E-state index in [9.17, 15) is 9.90 Å². The number of nitrogens with one attached hydrogen (secondary N) is 1. The van der Waals surface area contributed by atoms with Crippen LogP contribution in [0.2, 0.25) is 0 Å². The number of carbonyl (C=O) groups is 1. The molecule has 2 rings (SSSR count). The van der Waals surface area contributed by atoms with E-state index in [1.54, 1.807) is 24.1 Å². The van der Waals surface area contributed by atoms with Gasteiger partial charge >= 0.3 is 0 Å². The number of nitrogens with zero attached hydrogens (tertiary/aromatic N) is 2. The molecule has 1 amide bonds. The minimum atomic E-state index is -0.697. The molecule has 0 bridgehead atoms. The van der Waals surface area contributed by atoms with Crippen LogP contribution >= 0.6 is 0 Å². The number of aromatic nitrogens is 2. The van der Waals surface area contributed by atoms with E-state index >= 15 is 0 Å². The molecule has 0 saturated heterocycles. The quantitative estimate of drug-likeness (QED) is 0.697. The van der Waals surface area contributed by atoms with Crippen LogP contribution in [0.1, 0.15) is 37.3 Å². The van der Waals surface area contributed by atoms with Crippen LogP contribution in [-0.4, -0.2) is 32.9 Å². The molecule has 1 heterocycles. The maximum absolute atomic E-state index is 12.0. The Hall–Kier alpha value is -1.40. The zero-order chi connectivity index (χ0) is 13.1. The second-order valence-electron chi connectivity index (χ2n) is 4.95. The molecule has 1 fully saturated rings. The summed E-state index contributed by atoms with van der Waals surface area (Å²) in [5.41, 5.74) is 6.58. The van der Waals surface area contributed by atoms with Gasteiger partial charge in [-0.1, -0.05) is 0 Å². The second kappa shape index (κ2) is 5.49. The predicted octanol–water partition coefficient (Wildman–Crippen LogP) is -0.160. The topological polar surface area (TPSA) is 93.2 Å². The van der Waals surface area contributed by atoms with Crippen molar-refractivity contribution in [2.45, 2.75) is 43.9 Å². The summed E-state index contributed by atoms with van der Waals surface area (Å²) in [5.74, 6) is -0.206. The molecule has 6 nitrogen and oxygen atoms in total. The summed E-state index contributed by atoms with van der Waals surface area (Å²) in [6.07, 6.45) is 6.31. The molecule has 0 spiro atoms. The molecule has 0 radical (unpaired) electrons. The molecule has 18 heavy (non-hydrogen) atoms. The van der Waals surface area contributed by atoms with Gasteiger partial charge in [0.1, 0.15) is 6.04 Å². The Morgan fingerprint density at radius 2 is 2.44 bits per heavy atom. The highest BCUT2D eigenvalue weighted by atomic mass is 16.3. The molecule has 3 atom stereocenters. The van der Waals surface area contributed by atoms with Crippen LogP contribution in [0.15, 0.2) is 12.4 Å². The second-order valence-corrected chi connectivity index (χ2v) is 4.95. The van der Waals surface area contributed by atoms with Gasteiger partial charge in [0.25, 0.3) is 0 Å². The monoisotopic (exact) mass is 252 g/mol. The van der Waals surface area contributed by atoms with Crippen molar-refractivity contribution in [3.8, 4) is 0 Å². The number of aliphatic hydroxyl groups is 1. The average molecular weight is 252 g/mol. The molecule has 100 valence electrons. The smallest absolute Gasteiger partial charge is 0.241 e. The molecule has 1 saturated carbocycles.